The Labute approximate surface area is 97.0 Å². The van der Waals surface area contributed by atoms with Crippen LogP contribution in [0.4, 0.5) is 5.69 Å². The van der Waals surface area contributed by atoms with Crippen molar-refractivity contribution in [2.24, 2.45) is 0 Å². The van der Waals surface area contributed by atoms with Gasteiger partial charge >= 0.3 is 0 Å². The first-order valence-corrected chi connectivity index (χ1v) is 6.10. The summed E-state index contributed by atoms with van der Waals surface area (Å²) < 4.78 is 7.52. The molecule has 0 aromatic carbocycles. The molecule has 1 aromatic heterocycles. The molecule has 0 bridgehead atoms. The number of anilines is 1. The van der Waals surface area contributed by atoms with Gasteiger partial charge in [0.1, 0.15) is 0 Å². The maximum atomic E-state index is 5.48. The van der Waals surface area contributed by atoms with Gasteiger partial charge in [-0.2, -0.15) is 5.10 Å². The van der Waals surface area contributed by atoms with E-state index in [-0.39, 0.29) is 0 Å². The fourth-order valence-corrected chi connectivity index (χ4v) is 2.27. The van der Waals surface area contributed by atoms with Crippen LogP contribution in [0.1, 0.15) is 31.2 Å². The van der Waals surface area contributed by atoms with Gasteiger partial charge in [-0.25, -0.2) is 0 Å². The van der Waals surface area contributed by atoms with Gasteiger partial charge in [-0.3, -0.25) is 4.68 Å². The van der Waals surface area contributed by atoms with Crippen molar-refractivity contribution in [3.8, 4) is 0 Å². The quantitative estimate of drug-likeness (QED) is 0.853. The molecular weight excluding hydrogens is 202 g/mol. The number of ether oxygens (including phenoxy) is 1. The lowest BCUT2D eigenvalue weighted by Crippen LogP contribution is -2.30. The van der Waals surface area contributed by atoms with Crippen molar-refractivity contribution in [1.29, 1.82) is 0 Å². The lowest BCUT2D eigenvalue weighted by atomic mass is 10.1. The van der Waals surface area contributed by atoms with Crippen molar-refractivity contribution in [2.45, 2.75) is 46.2 Å². The molecule has 4 heteroatoms. The Kier molecular flexibility index (Phi) is 3.49. The van der Waals surface area contributed by atoms with Crippen LogP contribution in [0.25, 0.3) is 0 Å². The third kappa shape index (κ3) is 2.21. The van der Waals surface area contributed by atoms with Crippen LogP contribution in [-0.2, 0) is 11.3 Å². The van der Waals surface area contributed by atoms with Crippen LogP contribution in [0, 0.1) is 13.8 Å². The smallest absolute Gasteiger partial charge is 0.0828 e. The van der Waals surface area contributed by atoms with Gasteiger partial charge in [-0.1, -0.05) is 0 Å². The Morgan fingerprint density at radius 2 is 2.31 bits per heavy atom. The molecule has 0 radical (unpaired) electrons. The van der Waals surface area contributed by atoms with Crippen LogP contribution in [0.15, 0.2) is 0 Å². The third-order valence-corrected chi connectivity index (χ3v) is 3.19. The van der Waals surface area contributed by atoms with Crippen LogP contribution in [0.2, 0.25) is 0 Å². The molecule has 2 heterocycles. The van der Waals surface area contributed by atoms with Gasteiger partial charge in [-0.05, 0) is 33.6 Å². The van der Waals surface area contributed by atoms with E-state index in [1.54, 1.807) is 0 Å². The number of hydrogen-bond donors (Lipinski definition) is 1. The monoisotopic (exact) mass is 223 g/mol. The predicted octanol–water partition coefficient (Wildman–Crippen LogP) is 2.11. The molecule has 1 aliphatic heterocycles. The minimum absolute atomic E-state index is 0.445. The highest BCUT2D eigenvalue weighted by atomic mass is 16.5. The number of nitrogens with one attached hydrogen (secondary N) is 1. The zero-order valence-electron chi connectivity index (χ0n) is 10.4. The molecule has 1 unspecified atom stereocenters. The lowest BCUT2D eigenvalue weighted by Gasteiger charge is -2.24. The highest BCUT2D eigenvalue weighted by molar-refractivity contribution is 5.52. The van der Waals surface area contributed by atoms with Gasteiger partial charge in [0, 0.05) is 19.2 Å². The van der Waals surface area contributed by atoms with Crippen molar-refractivity contribution < 1.29 is 4.74 Å². The van der Waals surface area contributed by atoms with Crippen molar-refractivity contribution in [3.05, 3.63) is 11.4 Å². The molecule has 1 atom stereocenters. The van der Waals surface area contributed by atoms with E-state index >= 15 is 0 Å². The minimum atomic E-state index is 0.445. The molecule has 0 spiro atoms. The van der Waals surface area contributed by atoms with Gasteiger partial charge in [0.15, 0.2) is 0 Å². The number of nitrogens with zero attached hydrogens (tertiary/aromatic N) is 2. The summed E-state index contributed by atoms with van der Waals surface area (Å²) in [6.07, 6.45) is 2.34. The number of aromatic nitrogens is 2. The number of hydrogen-bond acceptors (Lipinski definition) is 3. The van der Waals surface area contributed by atoms with E-state index in [4.69, 9.17) is 4.74 Å². The molecule has 1 fully saturated rings. The molecule has 0 saturated carbocycles. The normalized spacial score (nSPS) is 21.1. The molecule has 1 saturated heterocycles. The minimum Gasteiger partial charge on any atom is -0.379 e. The second-order valence-electron chi connectivity index (χ2n) is 4.42. The first kappa shape index (κ1) is 11.5. The molecule has 0 amide bonds. The molecular formula is C12H21N3O. The molecule has 1 N–H and O–H groups in total. The molecule has 16 heavy (non-hydrogen) atoms. The highest BCUT2D eigenvalue weighted by Crippen LogP contribution is 2.22. The highest BCUT2D eigenvalue weighted by Gasteiger charge is 2.17. The fraction of sp³-hybridized carbons (Fsp3) is 0.750. The molecule has 1 aromatic rings. The second-order valence-corrected chi connectivity index (χ2v) is 4.42. The van der Waals surface area contributed by atoms with E-state index in [9.17, 15) is 0 Å². The Morgan fingerprint density at radius 1 is 1.50 bits per heavy atom. The lowest BCUT2D eigenvalue weighted by molar-refractivity contribution is 0.0876. The average Bonchev–Trinajstić information content (AvgIpc) is 2.58. The summed E-state index contributed by atoms with van der Waals surface area (Å²) in [6, 6.07) is 0.445. The predicted molar refractivity (Wildman–Crippen MR) is 64.8 cm³/mol. The molecule has 90 valence electrons. The average molecular weight is 223 g/mol. The zero-order valence-corrected chi connectivity index (χ0v) is 10.4. The second kappa shape index (κ2) is 4.87. The summed E-state index contributed by atoms with van der Waals surface area (Å²) in [5, 5.41) is 8.07. The van der Waals surface area contributed by atoms with Crippen LogP contribution in [0.5, 0.6) is 0 Å². The van der Waals surface area contributed by atoms with E-state index < -0.39 is 0 Å². The first-order valence-electron chi connectivity index (χ1n) is 6.10. The Morgan fingerprint density at radius 3 is 2.88 bits per heavy atom. The summed E-state index contributed by atoms with van der Waals surface area (Å²) in [5.41, 5.74) is 3.51. The van der Waals surface area contributed by atoms with E-state index in [1.165, 1.54) is 17.8 Å². The third-order valence-electron chi connectivity index (χ3n) is 3.19. The Hall–Kier alpha value is -1.03. The summed E-state index contributed by atoms with van der Waals surface area (Å²) in [6.45, 7) is 8.95. The van der Waals surface area contributed by atoms with Gasteiger partial charge in [-0.15, -0.1) is 0 Å². The number of rotatable bonds is 3. The molecule has 4 nitrogen and oxygen atoms in total. The molecule has 0 aliphatic carbocycles. The maximum Gasteiger partial charge on any atom is 0.0828 e. The van der Waals surface area contributed by atoms with E-state index in [0.717, 1.165) is 31.9 Å². The Balaban J connectivity index is 2.10. The van der Waals surface area contributed by atoms with Crippen molar-refractivity contribution in [1.82, 2.24) is 9.78 Å². The van der Waals surface area contributed by atoms with Crippen LogP contribution >= 0.6 is 0 Å². The van der Waals surface area contributed by atoms with Crippen LogP contribution in [0.3, 0.4) is 0 Å². The molecule has 1 aliphatic rings. The van der Waals surface area contributed by atoms with Crippen molar-refractivity contribution in [2.75, 3.05) is 18.5 Å². The van der Waals surface area contributed by atoms with Gasteiger partial charge in [0.2, 0.25) is 0 Å². The topological polar surface area (TPSA) is 39.1 Å². The summed E-state index contributed by atoms with van der Waals surface area (Å²) in [7, 11) is 0. The van der Waals surface area contributed by atoms with E-state index in [0.29, 0.717) is 6.04 Å². The summed E-state index contributed by atoms with van der Waals surface area (Å²) in [4.78, 5) is 0. The standard InChI is InChI=1S/C12H21N3O/c1-4-15-10(3)12(9(2)14-15)13-11-6-5-7-16-8-11/h11,13H,4-8H2,1-3H3. The Bertz CT molecular complexity index is 353. The van der Waals surface area contributed by atoms with Gasteiger partial charge in [0.25, 0.3) is 0 Å². The van der Waals surface area contributed by atoms with Crippen molar-refractivity contribution in [3.63, 3.8) is 0 Å². The fourth-order valence-electron chi connectivity index (χ4n) is 2.27. The summed E-state index contributed by atoms with van der Waals surface area (Å²) in [5.74, 6) is 0. The van der Waals surface area contributed by atoms with Crippen LogP contribution < -0.4 is 5.32 Å². The first-order chi connectivity index (χ1) is 7.72. The largest absolute Gasteiger partial charge is 0.379 e. The van der Waals surface area contributed by atoms with E-state index in [1.807, 2.05) is 4.68 Å². The molecule has 2 rings (SSSR count). The van der Waals surface area contributed by atoms with E-state index in [2.05, 4.69) is 31.2 Å². The number of aryl methyl sites for hydroxylation is 2. The zero-order chi connectivity index (χ0) is 11.5. The maximum absolute atomic E-state index is 5.48. The van der Waals surface area contributed by atoms with Gasteiger partial charge < -0.3 is 10.1 Å². The van der Waals surface area contributed by atoms with Gasteiger partial charge in [0.05, 0.1) is 23.7 Å². The van der Waals surface area contributed by atoms with Crippen molar-refractivity contribution >= 4 is 5.69 Å². The SMILES string of the molecule is CCn1nc(C)c(NC2CCCOC2)c1C. The summed E-state index contributed by atoms with van der Waals surface area (Å²) >= 11 is 0. The van der Waals surface area contributed by atoms with Crippen LogP contribution in [-0.4, -0.2) is 29.0 Å².